The van der Waals surface area contributed by atoms with Crippen LogP contribution in [0.25, 0.3) is 11.3 Å². The van der Waals surface area contributed by atoms with Crippen LogP contribution in [-0.4, -0.2) is 39.6 Å². The lowest BCUT2D eigenvalue weighted by molar-refractivity contribution is 0.0729. The molecule has 6 heteroatoms. The standard InChI is InChI=1S/C20H20N4O2/c1-26-16-7-2-5-14(11-16)17-12-18(23-22-17)20(25)24-10-4-8-19(24)15-6-3-9-21-13-15/h2-3,5-7,9,11-13,19H,4,8,10H2,1H3,(H,22,23)/t19-/m1/s1. The summed E-state index contributed by atoms with van der Waals surface area (Å²) in [6.07, 6.45) is 5.53. The van der Waals surface area contributed by atoms with E-state index in [1.165, 1.54) is 0 Å². The van der Waals surface area contributed by atoms with Gasteiger partial charge in [0.2, 0.25) is 0 Å². The number of benzene rings is 1. The maximum Gasteiger partial charge on any atom is 0.272 e. The molecule has 0 spiro atoms. The number of aromatic nitrogens is 3. The maximum absolute atomic E-state index is 13.0. The van der Waals surface area contributed by atoms with Crippen molar-refractivity contribution in [3.63, 3.8) is 0 Å². The van der Waals surface area contributed by atoms with Crippen molar-refractivity contribution in [1.82, 2.24) is 20.1 Å². The third kappa shape index (κ3) is 3.06. The van der Waals surface area contributed by atoms with Gasteiger partial charge in [-0.3, -0.25) is 14.9 Å². The van der Waals surface area contributed by atoms with Gasteiger partial charge >= 0.3 is 0 Å². The molecule has 0 bridgehead atoms. The summed E-state index contributed by atoms with van der Waals surface area (Å²) in [7, 11) is 1.63. The van der Waals surface area contributed by atoms with Crippen molar-refractivity contribution in [2.24, 2.45) is 0 Å². The summed E-state index contributed by atoms with van der Waals surface area (Å²) >= 11 is 0. The van der Waals surface area contributed by atoms with E-state index in [4.69, 9.17) is 4.74 Å². The molecule has 1 amide bonds. The van der Waals surface area contributed by atoms with Gasteiger partial charge in [0.05, 0.1) is 18.8 Å². The first-order chi connectivity index (χ1) is 12.8. The van der Waals surface area contributed by atoms with Crippen LogP contribution in [-0.2, 0) is 0 Å². The van der Waals surface area contributed by atoms with E-state index in [1.54, 1.807) is 19.4 Å². The molecular formula is C20H20N4O2. The van der Waals surface area contributed by atoms with Crippen LogP contribution in [0.3, 0.4) is 0 Å². The summed E-state index contributed by atoms with van der Waals surface area (Å²) in [6.45, 7) is 0.742. The van der Waals surface area contributed by atoms with Gasteiger partial charge in [-0.2, -0.15) is 5.10 Å². The summed E-state index contributed by atoms with van der Waals surface area (Å²) in [5.74, 6) is 0.729. The maximum atomic E-state index is 13.0. The van der Waals surface area contributed by atoms with E-state index in [2.05, 4.69) is 15.2 Å². The van der Waals surface area contributed by atoms with E-state index < -0.39 is 0 Å². The highest BCUT2D eigenvalue weighted by molar-refractivity contribution is 5.94. The van der Waals surface area contributed by atoms with Crippen LogP contribution < -0.4 is 4.74 Å². The summed E-state index contributed by atoms with van der Waals surface area (Å²) in [5.41, 5.74) is 3.21. The number of nitrogens with one attached hydrogen (secondary N) is 1. The predicted molar refractivity (Wildman–Crippen MR) is 97.8 cm³/mol. The molecule has 1 N–H and O–H groups in total. The Labute approximate surface area is 151 Å². The number of likely N-dealkylation sites (tertiary alicyclic amines) is 1. The number of aromatic amines is 1. The molecule has 0 unspecified atom stereocenters. The summed E-state index contributed by atoms with van der Waals surface area (Å²) in [5, 5.41) is 7.20. The van der Waals surface area contributed by atoms with Crippen LogP contribution in [0.5, 0.6) is 5.75 Å². The summed E-state index contributed by atoms with van der Waals surface area (Å²) < 4.78 is 5.26. The minimum absolute atomic E-state index is 0.0296. The molecule has 0 aliphatic carbocycles. The zero-order valence-corrected chi connectivity index (χ0v) is 14.6. The van der Waals surface area contributed by atoms with Crippen LogP contribution >= 0.6 is 0 Å². The Balaban J connectivity index is 1.58. The van der Waals surface area contributed by atoms with Gasteiger partial charge in [-0.25, -0.2) is 0 Å². The Morgan fingerprint density at radius 1 is 1.27 bits per heavy atom. The largest absolute Gasteiger partial charge is 0.497 e. The average molecular weight is 348 g/mol. The van der Waals surface area contributed by atoms with Gasteiger partial charge in [-0.05, 0) is 42.7 Å². The topological polar surface area (TPSA) is 71.1 Å². The second-order valence-corrected chi connectivity index (χ2v) is 6.34. The van der Waals surface area contributed by atoms with Crippen molar-refractivity contribution < 1.29 is 9.53 Å². The molecule has 0 saturated carbocycles. The van der Waals surface area contributed by atoms with Crippen molar-refractivity contribution in [3.05, 3.63) is 66.1 Å². The van der Waals surface area contributed by atoms with E-state index in [1.807, 2.05) is 47.5 Å². The van der Waals surface area contributed by atoms with Crippen molar-refractivity contribution in [3.8, 4) is 17.0 Å². The lowest BCUT2D eigenvalue weighted by Crippen LogP contribution is -2.30. The summed E-state index contributed by atoms with van der Waals surface area (Å²) in [6, 6.07) is 13.4. The third-order valence-corrected chi connectivity index (χ3v) is 4.76. The quantitative estimate of drug-likeness (QED) is 0.784. The molecule has 6 nitrogen and oxygen atoms in total. The molecule has 1 aromatic carbocycles. The smallest absolute Gasteiger partial charge is 0.272 e. The van der Waals surface area contributed by atoms with E-state index in [9.17, 15) is 4.79 Å². The van der Waals surface area contributed by atoms with Gasteiger partial charge in [-0.1, -0.05) is 18.2 Å². The molecule has 132 valence electrons. The minimum Gasteiger partial charge on any atom is -0.497 e. The fraction of sp³-hybridized carbons (Fsp3) is 0.250. The number of nitrogens with zero attached hydrogens (tertiary/aromatic N) is 3. The van der Waals surface area contributed by atoms with Crippen LogP contribution in [0.15, 0.2) is 54.9 Å². The van der Waals surface area contributed by atoms with Crippen LogP contribution in [0.4, 0.5) is 0 Å². The first-order valence-electron chi connectivity index (χ1n) is 8.67. The Morgan fingerprint density at radius 3 is 3.00 bits per heavy atom. The molecule has 1 aliphatic heterocycles. The number of rotatable bonds is 4. The fourth-order valence-corrected chi connectivity index (χ4v) is 3.45. The Hall–Kier alpha value is -3.15. The first kappa shape index (κ1) is 16.3. The first-order valence-corrected chi connectivity index (χ1v) is 8.67. The van der Waals surface area contributed by atoms with Crippen LogP contribution in [0.2, 0.25) is 0 Å². The predicted octanol–water partition coefficient (Wildman–Crippen LogP) is 3.46. The highest BCUT2D eigenvalue weighted by atomic mass is 16.5. The van der Waals surface area contributed by atoms with Crippen molar-refractivity contribution in [1.29, 1.82) is 0 Å². The molecule has 4 rings (SSSR count). The van der Waals surface area contributed by atoms with E-state index >= 15 is 0 Å². The highest BCUT2D eigenvalue weighted by Gasteiger charge is 2.31. The highest BCUT2D eigenvalue weighted by Crippen LogP contribution is 2.33. The molecule has 3 heterocycles. The average Bonchev–Trinajstić information content (AvgIpc) is 3.38. The zero-order chi connectivity index (χ0) is 17.9. The van der Waals surface area contributed by atoms with Crippen LogP contribution in [0, 0.1) is 0 Å². The van der Waals surface area contributed by atoms with Crippen molar-refractivity contribution in [2.45, 2.75) is 18.9 Å². The molecule has 26 heavy (non-hydrogen) atoms. The number of carbonyl (C=O) groups excluding carboxylic acids is 1. The number of H-pyrrole nitrogens is 1. The Bertz CT molecular complexity index is 907. The molecule has 0 radical (unpaired) electrons. The lowest BCUT2D eigenvalue weighted by Gasteiger charge is -2.24. The number of hydrogen-bond acceptors (Lipinski definition) is 4. The van der Waals surface area contributed by atoms with Crippen molar-refractivity contribution in [2.75, 3.05) is 13.7 Å². The Morgan fingerprint density at radius 2 is 2.19 bits per heavy atom. The van der Waals surface area contributed by atoms with E-state index in [0.717, 1.165) is 42.0 Å². The Kier molecular flexibility index (Phi) is 4.39. The summed E-state index contributed by atoms with van der Waals surface area (Å²) in [4.78, 5) is 19.1. The second-order valence-electron chi connectivity index (χ2n) is 6.34. The number of pyridine rings is 1. The normalized spacial score (nSPS) is 16.7. The monoisotopic (exact) mass is 348 g/mol. The molecular weight excluding hydrogens is 328 g/mol. The van der Waals surface area contributed by atoms with Gasteiger partial charge < -0.3 is 9.64 Å². The van der Waals surface area contributed by atoms with Crippen LogP contribution in [0.1, 0.15) is 34.9 Å². The van der Waals surface area contributed by atoms with E-state index in [-0.39, 0.29) is 11.9 Å². The molecule has 3 aromatic rings. The number of carbonyl (C=O) groups is 1. The molecule has 1 aliphatic rings. The number of methoxy groups -OCH3 is 1. The van der Waals surface area contributed by atoms with E-state index in [0.29, 0.717) is 5.69 Å². The zero-order valence-electron chi connectivity index (χ0n) is 14.6. The molecule has 1 atom stereocenters. The third-order valence-electron chi connectivity index (χ3n) is 4.76. The number of amides is 1. The molecule has 1 fully saturated rings. The minimum atomic E-state index is -0.0296. The lowest BCUT2D eigenvalue weighted by atomic mass is 10.1. The number of hydrogen-bond donors (Lipinski definition) is 1. The molecule has 2 aromatic heterocycles. The number of ether oxygens (including phenoxy) is 1. The SMILES string of the molecule is COc1cccc(-c2cc(C(=O)N3CCC[C@@H]3c3cccnc3)[nH]n2)c1. The van der Waals surface area contributed by atoms with Gasteiger partial charge in [-0.15, -0.1) is 0 Å². The van der Waals surface area contributed by atoms with Gasteiger partial charge in [0, 0.05) is 24.5 Å². The van der Waals surface area contributed by atoms with Gasteiger partial charge in [0.15, 0.2) is 0 Å². The van der Waals surface area contributed by atoms with Crippen molar-refractivity contribution >= 4 is 5.91 Å². The fourth-order valence-electron chi connectivity index (χ4n) is 3.45. The molecule has 1 saturated heterocycles. The van der Waals surface area contributed by atoms with Gasteiger partial charge in [0.1, 0.15) is 11.4 Å². The van der Waals surface area contributed by atoms with Gasteiger partial charge in [0.25, 0.3) is 5.91 Å². The second kappa shape index (κ2) is 7.00.